The third kappa shape index (κ3) is 5.91. The van der Waals surface area contributed by atoms with Crippen LogP contribution in [0.4, 0.5) is 0 Å². The molecule has 0 saturated heterocycles. The van der Waals surface area contributed by atoms with Crippen LogP contribution < -0.4 is 0 Å². The molecule has 132 valence electrons. The molecular formula is C22H38O. The minimum Gasteiger partial charge on any atom is -0.300 e. The lowest BCUT2D eigenvalue weighted by molar-refractivity contribution is -0.117. The third-order valence-corrected chi connectivity index (χ3v) is 7.05. The first-order valence-electron chi connectivity index (χ1n) is 10.7. The molecule has 3 rings (SSSR count). The van der Waals surface area contributed by atoms with Gasteiger partial charge >= 0.3 is 0 Å². The second-order valence-corrected chi connectivity index (χ2v) is 9.16. The van der Waals surface area contributed by atoms with Crippen LogP contribution >= 0.6 is 0 Å². The molecule has 1 heteroatoms. The molecule has 3 saturated carbocycles. The first-order valence-corrected chi connectivity index (χ1v) is 10.7. The molecule has 3 aliphatic rings. The van der Waals surface area contributed by atoms with Gasteiger partial charge in [0.2, 0.25) is 0 Å². The first kappa shape index (κ1) is 17.5. The summed E-state index contributed by atoms with van der Waals surface area (Å²) in [5.41, 5.74) is 0. The summed E-state index contributed by atoms with van der Waals surface area (Å²) in [7, 11) is 0. The predicted molar refractivity (Wildman–Crippen MR) is 97.3 cm³/mol. The van der Waals surface area contributed by atoms with Crippen LogP contribution in [0, 0.1) is 35.5 Å². The molecule has 23 heavy (non-hydrogen) atoms. The molecule has 0 spiro atoms. The highest BCUT2D eigenvalue weighted by molar-refractivity contribution is 5.75. The van der Waals surface area contributed by atoms with Crippen LogP contribution in [0.1, 0.15) is 97.3 Å². The molecule has 0 aromatic heterocycles. The van der Waals surface area contributed by atoms with E-state index in [1.54, 1.807) is 39.0 Å². The van der Waals surface area contributed by atoms with Crippen LogP contribution in [-0.2, 0) is 4.79 Å². The maximum absolute atomic E-state index is 10.9. The molecule has 0 aromatic rings. The van der Waals surface area contributed by atoms with Gasteiger partial charge in [0.05, 0.1) is 0 Å². The number of unbranched alkanes of at least 4 members (excludes halogenated alkanes) is 4. The van der Waals surface area contributed by atoms with Crippen molar-refractivity contribution in [1.29, 1.82) is 0 Å². The van der Waals surface area contributed by atoms with E-state index in [1.807, 2.05) is 0 Å². The van der Waals surface area contributed by atoms with Crippen molar-refractivity contribution >= 4 is 5.78 Å². The summed E-state index contributed by atoms with van der Waals surface area (Å²) < 4.78 is 0. The van der Waals surface area contributed by atoms with Gasteiger partial charge < -0.3 is 4.79 Å². The average molecular weight is 319 g/mol. The molecule has 0 N–H and O–H groups in total. The normalized spacial score (nSPS) is 37.7. The molecule has 0 bridgehead atoms. The van der Waals surface area contributed by atoms with Gasteiger partial charge in [0.15, 0.2) is 0 Å². The van der Waals surface area contributed by atoms with Crippen LogP contribution in [0.25, 0.3) is 0 Å². The summed E-state index contributed by atoms with van der Waals surface area (Å²) in [6.07, 6.45) is 18.1. The molecule has 0 aliphatic heterocycles. The zero-order valence-electron chi connectivity index (χ0n) is 15.6. The number of Topliss-reactive ketones (excluding diaryl/α,β-unsaturated/α-hetero) is 1. The van der Waals surface area contributed by atoms with Crippen molar-refractivity contribution in [1.82, 2.24) is 0 Å². The predicted octanol–water partition coefficient (Wildman–Crippen LogP) is 6.40. The van der Waals surface area contributed by atoms with Gasteiger partial charge in [-0.25, -0.2) is 0 Å². The van der Waals surface area contributed by atoms with Gasteiger partial charge in [-0.15, -0.1) is 0 Å². The highest BCUT2D eigenvalue weighted by Gasteiger charge is 2.48. The Bertz CT molecular complexity index is 387. The fraction of sp³-hybridized carbons (Fsp3) is 0.955. The van der Waals surface area contributed by atoms with Crippen LogP contribution in [0.2, 0.25) is 0 Å². The SMILES string of the molecule is CC[C@@H]1CC1C[C@@H]1CC1C[C@H]1C[C@H]1CCCCCCCC(C)=O. The van der Waals surface area contributed by atoms with E-state index in [0.717, 1.165) is 48.3 Å². The Morgan fingerprint density at radius 3 is 1.91 bits per heavy atom. The Kier molecular flexibility index (Phi) is 6.21. The van der Waals surface area contributed by atoms with E-state index in [2.05, 4.69) is 6.92 Å². The van der Waals surface area contributed by atoms with E-state index in [4.69, 9.17) is 0 Å². The Labute approximate surface area is 144 Å². The van der Waals surface area contributed by atoms with Crippen molar-refractivity contribution in [2.75, 3.05) is 0 Å². The van der Waals surface area contributed by atoms with Crippen LogP contribution in [0.3, 0.4) is 0 Å². The topological polar surface area (TPSA) is 17.1 Å². The first-order chi connectivity index (χ1) is 11.2. The van der Waals surface area contributed by atoms with Gasteiger partial charge in [-0.3, -0.25) is 0 Å². The van der Waals surface area contributed by atoms with E-state index in [1.165, 1.54) is 38.5 Å². The molecule has 0 amide bonds. The highest BCUT2D eigenvalue weighted by atomic mass is 16.1. The molecule has 0 aromatic carbocycles. The molecule has 3 fully saturated rings. The summed E-state index contributed by atoms with van der Waals surface area (Å²) >= 11 is 0. The Balaban J connectivity index is 1.13. The fourth-order valence-electron chi connectivity index (χ4n) is 5.03. The smallest absolute Gasteiger partial charge is 0.129 e. The van der Waals surface area contributed by atoms with Gasteiger partial charge in [-0.2, -0.15) is 0 Å². The van der Waals surface area contributed by atoms with E-state index in [9.17, 15) is 4.79 Å². The second-order valence-electron chi connectivity index (χ2n) is 9.16. The van der Waals surface area contributed by atoms with E-state index < -0.39 is 0 Å². The summed E-state index contributed by atoms with van der Waals surface area (Å²) in [6, 6.07) is 0. The number of rotatable bonds is 13. The lowest BCUT2D eigenvalue weighted by Gasteiger charge is -2.02. The number of hydrogen-bond donors (Lipinski definition) is 0. The van der Waals surface area contributed by atoms with Gasteiger partial charge in [0.1, 0.15) is 5.78 Å². The highest BCUT2D eigenvalue weighted by Crippen LogP contribution is 2.58. The Morgan fingerprint density at radius 2 is 1.26 bits per heavy atom. The number of carbonyl (C=O) groups is 1. The largest absolute Gasteiger partial charge is 0.300 e. The molecule has 3 aliphatic carbocycles. The van der Waals surface area contributed by atoms with Crippen molar-refractivity contribution in [3.05, 3.63) is 0 Å². The van der Waals surface area contributed by atoms with Gasteiger partial charge in [0, 0.05) is 6.42 Å². The van der Waals surface area contributed by atoms with Gasteiger partial charge in [-0.05, 0) is 81.0 Å². The Morgan fingerprint density at radius 1 is 0.739 bits per heavy atom. The van der Waals surface area contributed by atoms with Gasteiger partial charge in [0.25, 0.3) is 0 Å². The van der Waals surface area contributed by atoms with Crippen LogP contribution in [0.15, 0.2) is 0 Å². The maximum atomic E-state index is 10.9. The fourth-order valence-corrected chi connectivity index (χ4v) is 5.03. The second kappa shape index (κ2) is 8.17. The molecule has 2 unspecified atom stereocenters. The Hall–Kier alpha value is -0.330. The zero-order chi connectivity index (χ0) is 16.2. The summed E-state index contributed by atoms with van der Waals surface area (Å²) in [5, 5.41) is 0. The summed E-state index contributed by atoms with van der Waals surface area (Å²) in [5.74, 6) is 7.08. The number of ketones is 1. The lowest BCUT2D eigenvalue weighted by atomic mass is 10.0. The minimum atomic E-state index is 0.358. The molecular weight excluding hydrogens is 280 g/mol. The van der Waals surface area contributed by atoms with E-state index >= 15 is 0 Å². The van der Waals surface area contributed by atoms with Crippen LogP contribution in [-0.4, -0.2) is 5.78 Å². The number of hydrogen-bond acceptors (Lipinski definition) is 1. The van der Waals surface area contributed by atoms with Crippen molar-refractivity contribution in [2.45, 2.75) is 97.3 Å². The number of carbonyl (C=O) groups excluding carboxylic acids is 1. The van der Waals surface area contributed by atoms with Crippen LogP contribution in [0.5, 0.6) is 0 Å². The zero-order valence-corrected chi connectivity index (χ0v) is 15.6. The van der Waals surface area contributed by atoms with Gasteiger partial charge in [-0.1, -0.05) is 45.4 Å². The van der Waals surface area contributed by atoms with E-state index in [0.29, 0.717) is 5.78 Å². The quantitative estimate of drug-likeness (QED) is 0.359. The molecule has 6 atom stereocenters. The standard InChI is InChI=1S/C22H38O/c1-3-17-11-19(17)13-21-15-22(21)14-20-12-18(20)10-8-6-4-5-7-9-16(2)23/h17-22H,3-15H2,1-2H3/t17-,18-,19?,20-,21-,22?/m1/s1. The van der Waals surface area contributed by atoms with Crippen molar-refractivity contribution in [3.63, 3.8) is 0 Å². The maximum Gasteiger partial charge on any atom is 0.129 e. The van der Waals surface area contributed by atoms with Crippen molar-refractivity contribution < 1.29 is 4.79 Å². The van der Waals surface area contributed by atoms with E-state index in [-0.39, 0.29) is 0 Å². The summed E-state index contributed by atoms with van der Waals surface area (Å²) in [4.78, 5) is 10.9. The van der Waals surface area contributed by atoms with Crippen molar-refractivity contribution in [2.24, 2.45) is 35.5 Å². The monoisotopic (exact) mass is 318 g/mol. The third-order valence-electron chi connectivity index (χ3n) is 7.05. The summed E-state index contributed by atoms with van der Waals surface area (Å²) in [6.45, 7) is 4.08. The molecule has 0 heterocycles. The van der Waals surface area contributed by atoms with Crippen molar-refractivity contribution in [3.8, 4) is 0 Å². The minimum absolute atomic E-state index is 0.358. The lowest BCUT2D eigenvalue weighted by Crippen LogP contribution is -1.91. The average Bonchev–Trinajstić information content (AvgIpc) is 3.40. The molecule has 0 radical (unpaired) electrons. The molecule has 1 nitrogen and oxygen atoms in total.